The minimum absolute atomic E-state index is 0.0672. The molecule has 6 nitrogen and oxygen atoms in total. The number of rotatable bonds is 6. The minimum atomic E-state index is -0.0672. The zero-order valence-corrected chi connectivity index (χ0v) is 16.7. The molecule has 0 bridgehead atoms. The summed E-state index contributed by atoms with van der Waals surface area (Å²) < 4.78 is 1.79. The Morgan fingerprint density at radius 3 is 2.57 bits per heavy atom. The largest absolute Gasteiger partial charge is 0.360 e. The zero-order valence-electron chi connectivity index (χ0n) is 15.1. The molecule has 0 unspecified atom stereocenters. The summed E-state index contributed by atoms with van der Waals surface area (Å²) >= 11 is 7.45. The van der Waals surface area contributed by atoms with E-state index in [9.17, 15) is 4.79 Å². The third kappa shape index (κ3) is 4.32. The third-order valence-electron chi connectivity index (χ3n) is 4.15. The van der Waals surface area contributed by atoms with E-state index in [1.54, 1.807) is 4.52 Å². The Morgan fingerprint density at radius 2 is 1.89 bits per heavy atom. The van der Waals surface area contributed by atoms with Gasteiger partial charge >= 0.3 is 0 Å². The number of anilines is 2. The molecular formula is C20H18ClN5OS. The lowest BCUT2D eigenvalue weighted by Crippen LogP contribution is -2.07. The Balaban J connectivity index is 1.35. The molecule has 0 aliphatic carbocycles. The highest BCUT2D eigenvalue weighted by Gasteiger charge is 2.09. The average Bonchev–Trinajstić information content (AvgIpc) is 3.22. The topological polar surface area (TPSA) is 71.3 Å². The number of nitrogens with zero attached hydrogens (tertiary/aromatic N) is 3. The Labute approximate surface area is 171 Å². The van der Waals surface area contributed by atoms with Gasteiger partial charge in [0.15, 0.2) is 0 Å². The predicted molar refractivity (Wildman–Crippen MR) is 114 cm³/mol. The number of benzene rings is 2. The molecule has 2 heterocycles. The average molecular weight is 412 g/mol. The molecule has 4 aromatic rings. The van der Waals surface area contributed by atoms with Crippen LogP contribution in [0.5, 0.6) is 0 Å². The minimum Gasteiger partial charge on any atom is -0.360 e. The normalized spacial score (nSPS) is 10.9. The van der Waals surface area contributed by atoms with Crippen LogP contribution in [0, 0.1) is 0 Å². The third-order valence-corrected chi connectivity index (χ3v) is 5.28. The molecule has 2 N–H and O–H groups in total. The molecule has 4 rings (SSSR count). The molecule has 2 aromatic heterocycles. The molecule has 0 aliphatic heterocycles. The number of aromatic nitrogens is 3. The molecule has 0 saturated carbocycles. The van der Waals surface area contributed by atoms with Crippen molar-refractivity contribution in [3.8, 4) is 11.3 Å². The Hall–Kier alpha value is -2.90. The van der Waals surface area contributed by atoms with Crippen molar-refractivity contribution in [1.29, 1.82) is 0 Å². The quantitative estimate of drug-likeness (QED) is 0.481. The van der Waals surface area contributed by atoms with Gasteiger partial charge in [-0.15, -0.1) is 5.10 Å². The maximum absolute atomic E-state index is 11.1. The van der Waals surface area contributed by atoms with E-state index in [-0.39, 0.29) is 5.91 Å². The van der Waals surface area contributed by atoms with Gasteiger partial charge in [-0.1, -0.05) is 47.2 Å². The first kappa shape index (κ1) is 18.5. The van der Waals surface area contributed by atoms with Gasteiger partial charge in [0.25, 0.3) is 0 Å². The molecule has 0 aliphatic rings. The SMILES string of the molecule is CC(=O)Nc1ccc(CCNc2nn3cc(-c4ccc(Cl)cc4)nc3s2)cc1. The van der Waals surface area contributed by atoms with E-state index < -0.39 is 0 Å². The van der Waals surface area contributed by atoms with Gasteiger partial charge in [-0.25, -0.2) is 9.50 Å². The number of halogens is 1. The van der Waals surface area contributed by atoms with Crippen LogP contribution in [0.2, 0.25) is 5.02 Å². The molecular weight excluding hydrogens is 394 g/mol. The predicted octanol–water partition coefficient (Wildman–Crippen LogP) is 4.72. The maximum Gasteiger partial charge on any atom is 0.221 e. The van der Waals surface area contributed by atoms with Crippen molar-refractivity contribution in [3.05, 3.63) is 65.3 Å². The van der Waals surface area contributed by atoms with Crippen LogP contribution >= 0.6 is 22.9 Å². The Kier molecular flexibility index (Phi) is 5.27. The summed E-state index contributed by atoms with van der Waals surface area (Å²) in [5.41, 5.74) is 3.88. The molecule has 1 amide bonds. The molecule has 0 saturated heterocycles. The van der Waals surface area contributed by atoms with Crippen molar-refractivity contribution in [3.63, 3.8) is 0 Å². The number of fused-ring (bicyclic) bond motifs is 1. The Morgan fingerprint density at radius 1 is 1.14 bits per heavy atom. The Bertz CT molecular complexity index is 1070. The second-order valence-corrected chi connectivity index (χ2v) is 7.71. The summed E-state index contributed by atoms with van der Waals surface area (Å²) in [5, 5.41) is 12.2. The fraction of sp³-hybridized carbons (Fsp3) is 0.150. The van der Waals surface area contributed by atoms with E-state index in [0.717, 1.165) is 40.0 Å². The van der Waals surface area contributed by atoms with Crippen molar-refractivity contribution in [2.24, 2.45) is 0 Å². The van der Waals surface area contributed by atoms with Gasteiger partial charge in [0.05, 0.1) is 11.9 Å². The first-order valence-corrected chi connectivity index (χ1v) is 9.99. The van der Waals surface area contributed by atoms with Crippen LogP contribution in [0.3, 0.4) is 0 Å². The molecule has 0 spiro atoms. The van der Waals surface area contributed by atoms with E-state index in [1.165, 1.54) is 23.8 Å². The van der Waals surface area contributed by atoms with Crippen molar-refractivity contribution in [1.82, 2.24) is 14.6 Å². The van der Waals surface area contributed by atoms with Crippen molar-refractivity contribution < 1.29 is 4.79 Å². The van der Waals surface area contributed by atoms with Crippen molar-refractivity contribution in [2.45, 2.75) is 13.3 Å². The molecule has 0 fully saturated rings. The fourth-order valence-electron chi connectivity index (χ4n) is 2.80. The van der Waals surface area contributed by atoms with Crippen LogP contribution in [-0.2, 0) is 11.2 Å². The number of carbonyl (C=O) groups is 1. The molecule has 0 atom stereocenters. The van der Waals surface area contributed by atoms with Crippen LogP contribution in [0.25, 0.3) is 16.2 Å². The van der Waals surface area contributed by atoms with Gasteiger partial charge in [-0.2, -0.15) is 0 Å². The summed E-state index contributed by atoms with van der Waals surface area (Å²) in [6.45, 7) is 2.27. The van der Waals surface area contributed by atoms with E-state index in [4.69, 9.17) is 11.6 Å². The van der Waals surface area contributed by atoms with Gasteiger partial charge in [0, 0.05) is 29.7 Å². The van der Waals surface area contributed by atoms with Crippen LogP contribution in [0.15, 0.2) is 54.7 Å². The highest BCUT2D eigenvalue weighted by molar-refractivity contribution is 7.20. The number of nitrogens with one attached hydrogen (secondary N) is 2. The number of hydrogen-bond donors (Lipinski definition) is 2. The van der Waals surface area contributed by atoms with Crippen LogP contribution in [-0.4, -0.2) is 27.0 Å². The van der Waals surface area contributed by atoms with Gasteiger partial charge in [0.1, 0.15) is 0 Å². The highest BCUT2D eigenvalue weighted by Crippen LogP contribution is 2.25. The van der Waals surface area contributed by atoms with Crippen LogP contribution < -0.4 is 10.6 Å². The maximum atomic E-state index is 11.1. The van der Waals surface area contributed by atoms with Gasteiger partial charge in [0.2, 0.25) is 16.0 Å². The number of imidazole rings is 1. The highest BCUT2D eigenvalue weighted by atomic mass is 35.5. The van der Waals surface area contributed by atoms with Gasteiger partial charge in [-0.05, 0) is 36.2 Å². The monoisotopic (exact) mass is 411 g/mol. The van der Waals surface area contributed by atoms with Gasteiger partial charge < -0.3 is 10.6 Å². The number of hydrogen-bond acceptors (Lipinski definition) is 5. The zero-order chi connectivity index (χ0) is 19.5. The van der Waals surface area contributed by atoms with E-state index in [2.05, 4.69) is 20.7 Å². The lowest BCUT2D eigenvalue weighted by Gasteiger charge is -2.05. The molecule has 0 radical (unpaired) electrons. The summed E-state index contributed by atoms with van der Waals surface area (Å²) in [6, 6.07) is 15.5. The summed E-state index contributed by atoms with van der Waals surface area (Å²) in [5.74, 6) is -0.0672. The molecule has 28 heavy (non-hydrogen) atoms. The number of carbonyl (C=O) groups excluding carboxylic acids is 1. The molecule has 2 aromatic carbocycles. The summed E-state index contributed by atoms with van der Waals surface area (Å²) in [4.78, 5) is 16.5. The smallest absolute Gasteiger partial charge is 0.221 e. The lowest BCUT2D eigenvalue weighted by molar-refractivity contribution is -0.114. The summed E-state index contributed by atoms with van der Waals surface area (Å²) in [7, 11) is 0. The van der Waals surface area contributed by atoms with E-state index in [0.29, 0.717) is 5.02 Å². The van der Waals surface area contributed by atoms with Crippen LogP contribution in [0.4, 0.5) is 10.8 Å². The second kappa shape index (κ2) is 8.00. The van der Waals surface area contributed by atoms with E-state index in [1.807, 2.05) is 54.7 Å². The molecule has 8 heteroatoms. The van der Waals surface area contributed by atoms with E-state index >= 15 is 0 Å². The first-order valence-electron chi connectivity index (χ1n) is 8.79. The molecule has 142 valence electrons. The number of amides is 1. The first-order chi connectivity index (χ1) is 13.6. The van der Waals surface area contributed by atoms with Crippen molar-refractivity contribution in [2.75, 3.05) is 17.2 Å². The van der Waals surface area contributed by atoms with Gasteiger partial charge in [-0.3, -0.25) is 4.79 Å². The second-order valence-electron chi connectivity index (χ2n) is 6.32. The van der Waals surface area contributed by atoms with Crippen LogP contribution in [0.1, 0.15) is 12.5 Å². The fourth-order valence-corrected chi connectivity index (χ4v) is 3.74. The standard InChI is InChI=1S/C20H18ClN5OS/c1-13(27)23-17-8-2-14(3-9-17)10-11-22-19-25-26-12-18(24-20(26)28-19)15-4-6-16(21)7-5-15/h2-9,12H,10-11H2,1H3,(H,22,25)(H,23,27). The van der Waals surface area contributed by atoms with Crippen molar-refractivity contribution >= 4 is 44.6 Å². The summed E-state index contributed by atoms with van der Waals surface area (Å²) in [6.07, 6.45) is 2.78. The lowest BCUT2D eigenvalue weighted by atomic mass is 10.1.